The number of hydrogen-bond donors (Lipinski definition) is 0. The maximum atomic E-state index is 11.9. The van der Waals surface area contributed by atoms with Gasteiger partial charge in [0.05, 0.1) is 11.8 Å². The van der Waals surface area contributed by atoms with E-state index in [0.29, 0.717) is 6.42 Å². The summed E-state index contributed by atoms with van der Waals surface area (Å²) >= 11 is 1.63. The second kappa shape index (κ2) is 5.14. The van der Waals surface area contributed by atoms with E-state index in [9.17, 15) is 4.79 Å². The Labute approximate surface area is 131 Å². The number of carbonyl (C=O) groups is 1. The number of hydrazone groups is 1. The fourth-order valence-corrected chi connectivity index (χ4v) is 3.48. The molecule has 0 N–H and O–H groups in total. The molecule has 0 bridgehead atoms. The molecule has 0 spiro atoms. The number of ether oxygens (including phenoxy) is 2. The molecule has 1 aromatic heterocycles. The molecule has 2 aliphatic rings. The highest BCUT2D eigenvalue weighted by molar-refractivity contribution is 7.08. The Morgan fingerprint density at radius 1 is 1.32 bits per heavy atom. The van der Waals surface area contributed by atoms with Crippen molar-refractivity contribution in [1.82, 2.24) is 5.01 Å². The third-order valence-electron chi connectivity index (χ3n) is 3.87. The van der Waals surface area contributed by atoms with Gasteiger partial charge in [-0.1, -0.05) is 0 Å². The lowest BCUT2D eigenvalue weighted by molar-refractivity contribution is -0.130. The molecular formula is C16H14N2O3S. The molecule has 1 amide bonds. The Morgan fingerprint density at radius 2 is 2.18 bits per heavy atom. The van der Waals surface area contributed by atoms with Gasteiger partial charge < -0.3 is 9.47 Å². The zero-order valence-electron chi connectivity index (χ0n) is 12.0. The fourth-order valence-electron chi connectivity index (χ4n) is 2.78. The molecule has 5 nitrogen and oxygen atoms in total. The maximum absolute atomic E-state index is 11.9. The average molecular weight is 314 g/mol. The standard InChI is InChI=1S/C16H14N2O3S/c1-10(19)18-14(12-4-5-22-8-12)7-13(17-18)11-2-3-15-16(6-11)21-9-20-15/h2-6,8,14H,7,9H2,1H3. The fraction of sp³-hybridized carbons (Fsp3) is 0.250. The van der Waals surface area contributed by atoms with E-state index in [1.54, 1.807) is 23.3 Å². The van der Waals surface area contributed by atoms with E-state index in [0.717, 1.165) is 28.3 Å². The number of hydrogen-bond acceptors (Lipinski definition) is 5. The van der Waals surface area contributed by atoms with Crippen molar-refractivity contribution in [3.63, 3.8) is 0 Å². The third kappa shape index (κ3) is 2.16. The van der Waals surface area contributed by atoms with Gasteiger partial charge in [0.15, 0.2) is 11.5 Å². The van der Waals surface area contributed by atoms with Crippen LogP contribution in [-0.2, 0) is 4.79 Å². The van der Waals surface area contributed by atoms with Crippen LogP contribution in [-0.4, -0.2) is 23.4 Å². The average Bonchev–Trinajstić information content (AvgIpc) is 3.25. The van der Waals surface area contributed by atoms with Crippen LogP contribution in [0.4, 0.5) is 0 Å². The van der Waals surface area contributed by atoms with E-state index in [-0.39, 0.29) is 18.7 Å². The van der Waals surface area contributed by atoms with E-state index in [1.807, 2.05) is 29.6 Å². The first-order valence-corrected chi connectivity index (χ1v) is 7.96. The van der Waals surface area contributed by atoms with Crippen molar-refractivity contribution in [2.75, 3.05) is 6.79 Å². The van der Waals surface area contributed by atoms with Gasteiger partial charge in [-0.25, -0.2) is 5.01 Å². The quantitative estimate of drug-likeness (QED) is 0.855. The number of carbonyl (C=O) groups excluding carboxylic acids is 1. The van der Waals surface area contributed by atoms with Crippen molar-refractivity contribution in [3.05, 3.63) is 46.2 Å². The monoisotopic (exact) mass is 314 g/mol. The van der Waals surface area contributed by atoms with Gasteiger partial charge in [-0.2, -0.15) is 16.4 Å². The summed E-state index contributed by atoms with van der Waals surface area (Å²) in [4.78, 5) is 11.9. The second-order valence-corrected chi connectivity index (χ2v) is 6.03. The molecular weight excluding hydrogens is 300 g/mol. The Bertz CT molecular complexity index is 755. The lowest BCUT2D eigenvalue weighted by Crippen LogP contribution is -2.23. The maximum Gasteiger partial charge on any atom is 0.240 e. The van der Waals surface area contributed by atoms with Crippen LogP contribution in [0.25, 0.3) is 0 Å². The van der Waals surface area contributed by atoms with E-state index in [1.165, 1.54) is 0 Å². The summed E-state index contributed by atoms with van der Waals surface area (Å²) in [5.74, 6) is 1.43. The largest absolute Gasteiger partial charge is 0.454 e. The summed E-state index contributed by atoms with van der Waals surface area (Å²) in [5, 5.41) is 10.2. The van der Waals surface area contributed by atoms with Gasteiger partial charge in [0.25, 0.3) is 0 Å². The lowest BCUT2D eigenvalue weighted by Gasteiger charge is -2.18. The highest BCUT2D eigenvalue weighted by Gasteiger charge is 2.32. The molecule has 1 atom stereocenters. The van der Waals surface area contributed by atoms with Gasteiger partial charge in [0, 0.05) is 18.9 Å². The minimum Gasteiger partial charge on any atom is -0.454 e. The van der Waals surface area contributed by atoms with Crippen molar-refractivity contribution in [2.45, 2.75) is 19.4 Å². The first kappa shape index (κ1) is 13.3. The molecule has 2 aliphatic heterocycles. The molecule has 0 saturated carbocycles. The number of benzene rings is 1. The van der Waals surface area contributed by atoms with Gasteiger partial charge in [-0.05, 0) is 40.6 Å². The lowest BCUT2D eigenvalue weighted by atomic mass is 10.00. The predicted molar refractivity (Wildman–Crippen MR) is 83.3 cm³/mol. The molecule has 1 aromatic carbocycles. The Balaban J connectivity index is 1.68. The van der Waals surface area contributed by atoms with Crippen molar-refractivity contribution in [3.8, 4) is 11.5 Å². The van der Waals surface area contributed by atoms with Crippen molar-refractivity contribution >= 4 is 23.0 Å². The van der Waals surface area contributed by atoms with Gasteiger partial charge >= 0.3 is 0 Å². The molecule has 3 heterocycles. The number of thiophene rings is 1. The summed E-state index contributed by atoms with van der Waals surface area (Å²) in [6, 6.07) is 7.79. The highest BCUT2D eigenvalue weighted by Crippen LogP contribution is 2.37. The predicted octanol–water partition coefficient (Wildman–Crippen LogP) is 3.17. The molecule has 0 radical (unpaired) electrons. The smallest absolute Gasteiger partial charge is 0.240 e. The topological polar surface area (TPSA) is 51.1 Å². The third-order valence-corrected chi connectivity index (χ3v) is 4.57. The van der Waals surface area contributed by atoms with Gasteiger partial charge in [-0.3, -0.25) is 4.79 Å². The van der Waals surface area contributed by atoms with Crippen LogP contribution in [0.3, 0.4) is 0 Å². The molecule has 2 aromatic rings. The van der Waals surface area contributed by atoms with E-state index < -0.39 is 0 Å². The van der Waals surface area contributed by atoms with Crippen molar-refractivity contribution < 1.29 is 14.3 Å². The minimum atomic E-state index is -0.0491. The number of fused-ring (bicyclic) bond motifs is 1. The van der Waals surface area contributed by atoms with Crippen LogP contribution >= 0.6 is 11.3 Å². The first-order chi connectivity index (χ1) is 10.7. The summed E-state index contributed by atoms with van der Waals surface area (Å²) < 4.78 is 10.7. The Hall–Kier alpha value is -2.34. The molecule has 0 fully saturated rings. The summed E-state index contributed by atoms with van der Waals surface area (Å²) in [6.07, 6.45) is 0.704. The molecule has 112 valence electrons. The molecule has 1 unspecified atom stereocenters. The summed E-state index contributed by atoms with van der Waals surface area (Å²) in [5.41, 5.74) is 2.98. The van der Waals surface area contributed by atoms with Crippen LogP contribution in [0.2, 0.25) is 0 Å². The normalized spacial score (nSPS) is 19.4. The molecule has 22 heavy (non-hydrogen) atoms. The second-order valence-electron chi connectivity index (χ2n) is 5.25. The SMILES string of the molecule is CC(=O)N1N=C(c2ccc3c(c2)OCO3)CC1c1ccsc1. The molecule has 4 rings (SSSR count). The zero-order valence-corrected chi connectivity index (χ0v) is 12.8. The van der Waals surface area contributed by atoms with Crippen molar-refractivity contribution in [1.29, 1.82) is 0 Å². The Morgan fingerprint density at radius 3 is 2.95 bits per heavy atom. The molecule has 0 aliphatic carbocycles. The van der Waals surface area contributed by atoms with E-state index in [4.69, 9.17) is 9.47 Å². The highest BCUT2D eigenvalue weighted by atomic mass is 32.1. The minimum absolute atomic E-state index is 0.0239. The van der Waals surface area contributed by atoms with Gasteiger partial charge in [0.1, 0.15) is 0 Å². The van der Waals surface area contributed by atoms with Crippen LogP contribution in [0.1, 0.15) is 30.5 Å². The molecule has 0 saturated heterocycles. The zero-order chi connectivity index (χ0) is 15.1. The van der Waals surface area contributed by atoms with Crippen LogP contribution in [0, 0.1) is 0 Å². The van der Waals surface area contributed by atoms with Crippen LogP contribution in [0.5, 0.6) is 11.5 Å². The van der Waals surface area contributed by atoms with E-state index in [2.05, 4.69) is 10.5 Å². The Kier molecular flexibility index (Phi) is 3.11. The van der Waals surface area contributed by atoms with Crippen LogP contribution < -0.4 is 9.47 Å². The summed E-state index contributed by atoms with van der Waals surface area (Å²) in [6.45, 7) is 1.80. The number of amides is 1. The van der Waals surface area contributed by atoms with Gasteiger partial charge in [0.2, 0.25) is 12.7 Å². The van der Waals surface area contributed by atoms with Crippen LogP contribution in [0.15, 0.2) is 40.1 Å². The number of rotatable bonds is 2. The van der Waals surface area contributed by atoms with Crippen molar-refractivity contribution in [2.24, 2.45) is 5.10 Å². The molecule has 6 heteroatoms. The van der Waals surface area contributed by atoms with E-state index >= 15 is 0 Å². The van der Waals surface area contributed by atoms with Gasteiger partial charge in [-0.15, -0.1) is 0 Å². The summed E-state index contributed by atoms with van der Waals surface area (Å²) in [7, 11) is 0. The number of nitrogens with zero attached hydrogens (tertiary/aromatic N) is 2. The first-order valence-electron chi connectivity index (χ1n) is 7.02.